The molecule has 0 N–H and O–H groups in total. The average molecular weight is 993 g/mol. The van der Waals surface area contributed by atoms with Crippen molar-refractivity contribution in [3.05, 3.63) is 112 Å². The van der Waals surface area contributed by atoms with E-state index in [1.807, 2.05) is 39.5 Å². The first kappa shape index (κ1) is 51.5. The second-order valence-electron chi connectivity index (χ2n) is 18.2. The highest BCUT2D eigenvalue weighted by atomic mass is 79.9. The molecule has 1 aliphatic rings. The number of fused-ring (bicyclic) bond motifs is 2. The summed E-state index contributed by atoms with van der Waals surface area (Å²) in [6.45, 7) is 23.0. The fourth-order valence-electron chi connectivity index (χ4n) is 6.66. The van der Waals surface area contributed by atoms with Crippen molar-refractivity contribution in [3.8, 4) is 0 Å². The monoisotopic (exact) mass is 992 g/mol. The Morgan fingerprint density at radius 1 is 0.615 bits per heavy atom. The standard InChI is InChI=1S/C19H27N5O3Si.C18H24BrN5O3Si.C3H9B3O3/c1-14-21-17-16(24(14)13-27-10-11-28(3,4)5)18(25)23(19(26)22(17)2)12-15-8-6-7-9-20-15;1-22-15-14(24(17(19)21-15)12-27-9-10-28(2,3)4)16(25)23(18(22)26)11-13-7-5-6-8-20-13;1-4-7-5(2)9-6(3)8-4/h6-9H,10-13H2,1-5H3;5-8H,9-12H2,1-4H3;1-3H3. The number of rotatable bonds is 14. The fourth-order valence-corrected chi connectivity index (χ4v) is 8.62. The first-order valence-electron chi connectivity index (χ1n) is 21.5. The van der Waals surface area contributed by atoms with Crippen LogP contribution in [0.5, 0.6) is 0 Å². The van der Waals surface area contributed by atoms with Crippen LogP contribution >= 0.6 is 15.9 Å². The van der Waals surface area contributed by atoms with Gasteiger partial charge in [0.2, 0.25) is 0 Å². The van der Waals surface area contributed by atoms with Crippen LogP contribution < -0.4 is 22.5 Å². The Balaban J connectivity index is 0.000000205. The van der Waals surface area contributed by atoms with Gasteiger partial charge in [0.25, 0.3) is 11.1 Å². The van der Waals surface area contributed by atoms with Crippen molar-refractivity contribution in [3.63, 3.8) is 0 Å². The Morgan fingerprint density at radius 2 is 1.02 bits per heavy atom. The van der Waals surface area contributed by atoms with Crippen LogP contribution in [0, 0.1) is 6.92 Å². The molecule has 0 bridgehead atoms. The number of hydrogen-bond acceptors (Lipinski definition) is 13. The maximum atomic E-state index is 13.1. The van der Waals surface area contributed by atoms with E-state index in [-0.39, 0.29) is 53.5 Å². The van der Waals surface area contributed by atoms with Gasteiger partial charge >= 0.3 is 32.7 Å². The van der Waals surface area contributed by atoms with Crippen molar-refractivity contribution in [2.24, 2.45) is 14.1 Å². The molecule has 1 aliphatic heterocycles. The summed E-state index contributed by atoms with van der Waals surface area (Å²) in [6, 6.07) is 12.9. The first-order chi connectivity index (χ1) is 30.6. The van der Waals surface area contributed by atoms with Crippen LogP contribution in [0.3, 0.4) is 0 Å². The lowest BCUT2D eigenvalue weighted by atomic mass is 9.74. The lowest BCUT2D eigenvalue weighted by Gasteiger charge is -2.25. The molecule has 0 spiro atoms. The van der Waals surface area contributed by atoms with Gasteiger partial charge in [0, 0.05) is 55.9 Å². The molecule has 1 fully saturated rings. The van der Waals surface area contributed by atoms with Gasteiger partial charge in [-0.2, -0.15) is 0 Å². The van der Waals surface area contributed by atoms with E-state index < -0.39 is 33.1 Å². The van der Waals surface area contributed by atoms with Gasteiger partial charge in [0.15, 0.2) is 27.1 Å². The van der Waals surface area contributed by atoms with Gasteiger partial charge in [0.05, 0.1) is 24.5 Å². The number of aromatic nitrogens is 10. The summed E-state index contributed by atoms with van der Waals surface area (Å²) in [7, 11) is 0.427. The van der Waals surface area contributed by atoms with Gasteiger partial charge in [-0.3, -0.25) is 47.0 Å². The van der Waals surface area contributed by atoms with E-state index in [0.717, 1.165) is 12.1 Å². The summed E-state index contributed by atoms with van der Waals surface area (Å²) in [5.41, 5.74) is 1.07. The fraction of sp³-hybridized carbons (Fsp3) is 0.500. The zero-order chi connectivity index (χ0) is 47.8. The molecule has 1 saturated heterocycles. The topological polar surface area (TPSA) is 196 Å². The molecule has 7 heterocycles. The molecule has 7 rings (SSSR count). The minimum Gasteiger partial charge on any atom is -0.453 e. The van der Waals surface area contributed by atoms with E-state index >= 15 is 0 Å². The molecule has 0 amide bonds. The third kappa shape index (κ3) is 13.8. The van der Waals surface area contributed by atoms with E-state index in [1.165, 1.54) is 18.3 Å². The van der Waals surface area contributed by atoms with E-state index in [4.69, 9.17) is 23.2 Å². The normalized spacial score (nSPS) is 13.3. The van der Waals surface area contributed by atoms with Crippen LogP contribution in [0.15, 0.2) is 72.7 Å². The number of hydrogen-bond donors (Lipinski definition) is 0. The van der Waals surface area contributed by atoms with Crippen molar-refractivity contribution >= 4 is 75.8 Å². The number of aryl methyl sites for hydroxylation is 3. The highest BCUT2D eigenvalue weighted by molar-refractivity contribution is 9.10. The third-order valence-electron chi connectivity index (χ3n) is 10.3. The summed E-state index contributed by atoms with van der Waals surface area (Å²) in [5, 5.41) is 0. The quantitative estimate of drug-likeness (QED) is 0.0823. The van der Waals surface area contributed by atoms with Gasteiger partial charge in [-0.15, -0.1) is 0 Å². The zero-order valence-corrected chi connectivity index (χ0v) is 43.1. The number of pyridine rings is 2. The first-order valence-corrected chi connectivity index (χ1v) is 29.7. The molecule has 0 radical (unpaired) electrons. The van der Waals surface area contributed by atoms with Gasteiger partial charge in [-0.1, -0.05) is 51.4 Å². The molecule has 0 unspecified atom stereocenters. The summed E-state index contributed by atoms with van der Waals surface area (Å²) >= 11 is 3.39. The van der Waals surface area contributed by atoms with Crippen molar-refractivity contribution in [2.75, 3.05) is 13.2 Å². The van der Waals surface area contributed by atoms with Gasteiger partial charge in [-0.25, -0.2) is 19.6 Å². The van der Waals surface area contributed by atoms with Crippen LogP contribution in [0.25, 0.3) is 22.3 Å². The Kier molecular flexibility index (Phi) is 17.7. The maximum absolute atomic E-state index is 13.1. The molecule has 6 aromatic heterocycles. The molecule has 0 saturated carbocycles. The van der Waals surface area contributed by atoms with Crippen molar-refractivity contribution in [1.82, 2.24) is 47.3 Å². The molecule has 6 aromatic rings. The van der Waals surface area contributed by atoms with E-state index in [0.29, 0.717) is 57.5 Å². The number of imidazole rings is 2. The highest BCUT2D eigenvalue weighted by Gasteiger charge is 2.31. The van der Waals surface area contributed by atoms with Gasteiger partial charge in [-0.05, 0) is 79.7 Å². The summed E-state index contributed by atoms with van der Waals surface area (Å²) in [5.74, 6) is 0.644. The number of halogens is 1. The molecule has 19 nitrogen and oxygen atoms in total. The third-order valence-corrected chi connectivity index (χ3v) is 14.3. The van der Waals surface area contributed by atoms with Crippen LogP contribution in [0.1, 0.15) is 17.2 Å². The second-order valence-corrected chi connectivity index (χ2v) is 30.1. The second kappa shape index (κ2) is 22.3. The molecular formula is C40H60B3BrN10O9Si2. The Hall–Kier alpha value is -4.49. The zero-order valence-electron chi connectivity index (χ0n) is 39.5. The van der Waals surface area contributed by atoms with E-state index in [2.05, 4.69) is 75.1 Å². The van der Waals surface area contributed by atoms with Crippen molar-refractivity contribution in [1.29, 1.82) is 0 Å². The van der Waals surface area contributed by atoms with Crippen LogP contribution in [-0.2, 0) is 63.8 Å². The molecule has 0 aliphatic carbocycles. The van der Waals surface area contributed by atoms with Crippen LogP contribution in [0.2, 0.25) is 71.8 Å². The minimum atomic E-state index is -1.21. The molecule has 65 heavy (non-hydrogen) atoms. The Labute approximate surface area is 389 Å². The largest absolute Gasteiger partial charge is 0.453 e. The lowest BCUT2D eigenvalue weighted by Crippen LogP contribution is -2.44. The summed E-state index contributed by atoms with van der Waals surface area (Å²) < 4.78 is 36.0. The van der Waals surface area contributed by atoms with E-state index in [1.54, 1.807) is 59.9 Å². The molecular weight excluding hydrogens is 933 g/mol. The van der Waals surface area contributed by atoms with E-state index in [9.17, 15) is 19.2 Å². The van der Waals surface area contributed by atoms with Gasteiger partial charge in [0.1, 0.15) is 19.3 Å². The van der Waals surface area contributed by atoms with Crippen LogP contribution in [0.4, 0.5) is 0 Å². The highest BCUT2D eigenvalue weighted by Crippen LogP contribution is 2.18. The molecule has 0 aromatic carbocycles. The van der Waals surface area contributed by atoms with Gasteiger partial charge < -0.3 is 23.2 Å². The summed E-state index contributed by atoms with van der Waals surface area (Å²) in [6.07, 6.45) is 3.28. The predicted octanol–water partition coefficient (Wildman–Crippen LogP) is 4.78. The van der Waals surface area contributed by atoms with Crippen LogP contribution in [-0.4, -0.2) is 98.1 Å². The number of nitrogens with zero attached hydrogens (tertiary/aromatic N) is 10. The Morgan fingerprint density at radius 3 is 1.42 bits per heavy atom. The summed E-state index contributed by atoms with van der Waals surface area (Å²) in [4.78, 5) is 68.9. The smallest absolute Gasteiger partial charge is 0.426 e. The predicted molar refractivity (Wildman–Crippen MR) is 264 cm³/mol. The minimum absolute atomic E-state index is 0.0988. The molecule has 25 heteroatoms. The average Bonchev–Trinajstić information content (AvgIpc) is 3.75. The maximum Gasteiger partial charge on any atom is 0.426 e. The molecule has 0 atom stereocenters. The molecule has 348 valence electrons. The van der Waals surface area contributed by atoms with Crippen molar-refractivity contribution < 1.29 is 23.2 Å². The Bertz CT molecular complexity index is 2590. The van der Waals surface area contributed by atoms with Crippen molar-refractivity contribution in [2.45, 2.75) is 105 Å². The SMILES string of the molecule is CB1OB(C)OB(C)O1.Cc1nc2c(c(=O)n(Cc3ccccn3)c(=O)n2C)n1COCC[Si](C)(C)C.Cn1c(=O)n(Cc2ccccn2)c(=O)c2c1nc(Br)n2COCC[Si](C)(C)C. The lowest BCUT2D eigenvalue weighted by molar-refractivity contribution is 0.0881. The number of ether oxygens (including phenoxy) is 2.